The van der Waals surface area contributed by atoms with Gasteiger partial charge in [-0.15, -0.1) is 12.4 Å². The number of halogens is 1. The van der Waals surface area contributed by atoms with E-state index in [1.54, 1.807) is 7.05 Å². The van der Waals surface area contributed by atoms with Crippen LogP contribution in [-0.4, -0.2) is 30.9 Å². The van der Waals surface area contributed by atoms with Crippen LogP contribution in [0.4, 0.5) is 0 Å². The van der Waals surface area contributed by atoms with Gasteiger partial charge in [-0.05, 0) is 6.08 Å². The molecule has 0 heterocycles. The second-order valence-corrected chi connectivity index (χ2v) is 1.75. The van der Waals surface area contributed by atoms with Crippen LogP contribution in [0.25, 0.3) is 0 Å². The zero-order valence-corrected chi connectivity index (χ0v) is 6.86. The normalized spacial score (nSPS) is 7.80. The number of amides is 1. The molecule has 0 aromatic heterocycles. The van der Waals surface area contributed by atoms with Crippen molar-refractivity contribution in [2.24, 2.45) is 5.73 Å². The Labute approximate surface area is 67.3 Å². The van der Waals surface area contributed by atoms with Crippen molar-refractivity contribution in [3.05, 3.63) is 12.7 Å². The first-order chi connectivity index (χ1) is 4.22. The van der Waals surface area contributed by atoms with Crippen molar-refractivity contribution >= 4 is 18.3 Å². The molecule has 1 amide bonds. The Balaban J connectivity index is 0. The molecule has 0 rings (SSSR count). The monoisotopic (exact) mass is 164 g/mol. The van der Waals surface area contributed by atoms with Crippen molar-refractivity contribution in [1.29, 1.82) is 0 Å². The lowest BCUT2D eigenvalue weighted by atomic mass is 10.5. The minimum atomic E-state index is -0.0829. The van der Waals surface area contributed by atoms with Gasteiger partial charge in [0, 0.05) is 20.1 Å². The molecule has 10 heavy (non-hydrogen) atoms. The summed E-state index contributed by atoms with van der Waals surface area (Å²) >= 11 is 0. The second-order valence-electron chi connectivity index (χ2n) is 1.75. The molecule has 0 radical (unpaired) electrons. The van der Waals surface area contributed by atoms with Gasteiger partial charge in [-0.3, -0.25) is 4.79 Å². The molecule has 0 aromatic carbocycles. The van der Waals surface area contributed by atoms with E-state index in [4.69, 9.17) is 5.73 Å². The van der Waals surface area contributed by atoms with Crippen molar-refractivity contribution in [3.63, 3.8) is 0 Å². The predicted molar refractivity (Wildman–Crippen MR) is 44.1 cm³/mol. The smallest absolute Gasteiger partial charge is 0.245 e. The summed E-state index contributed by atoms with van der Waals surface area (Å²) < 4.78 is 0. The van der Waals surface area contributed by atoms with Gasteiger partial charge in [-0.2, -0.15) is 0 Å². The van der Waals surface area contributed by atoms with E-state index in [0.717, 1.165) is 0 Å². The average Bonchev–Trinajstić information content (AvgIpc) is 1.87. The first-order valence-corrected chi connectivity index (χ1v) is 2.80. The maximum absolute atomic E-state index is 10.7. The molecule has 3 nitrogen and oxygen atoms in total. The molecule has 0 fully saturated rings. The van der Waals surface area contributed by atoms with Crippen LogP contribution in [0.2, 0.25) is 0 Å². The minimum Gasteiger partial charge on any atom is -0.341 e. The van der Waals surface area contributed by atoms with E-state index in [-0.39, 0.29) is 18.3 Å². The zero-order chi connectivity index (χ0) is 7.28. The van der Waals surface area contributed by atoms with Gasteiger partial charge < -0.3 is 10.6 Å². The molecule has 0 aliphatic rings. The summed E-state index contributed by atoms with van der Waals surface area (Å²) in [4.78, 5) is 12.2. The van der Waals surface area contributed by atoms with Crippen LogP contribution in [0.5, 0.6) is 0 Å². The van der Waals surface area contributed by atoms with E-state index in [0.29, 0.717) is 13.1 Å². The summed E-state index contributed by atoms with van der Waals surface area (Å²) in [7, 11) is 1.69. The predicted octanol–water partition coefficient (Wildman–Crippen LogP) is 0.0113. The van der Waals surface area contributed by atoms with Crippen molar-refractivity contribution < 1.29 is 4.79 Å². The third-order valence-electron chi connectivity index (χ3n) is 1.02. The average molecular weight is 165 g/mol. The molecule has 0 atom stereocenters. The highest BCUT2D eigenvalue weighted by atomic mass is 35.5. The fourth-order valence-electron chi connectivity index (χ4n) is 0.460. The lowest BCUT2D eigenvalue weighted by Crippen LogP contribution is -2.29. The van der Waals surface area contributed by atoms with E-state index in [2.05, 4.69) is 6.58 Å². The standard InChI is InChI=1S/C6H12N2O.ClH/c1-3-6(9)8(2)5-4-7;/h3H,1,4-5,7H2,2H3;1H. The molecule has 0 saturated heterocycles. The topological polar surface area (TPSA) is 46.3 Å². The number of nitrogens with two attached hydrogens (primary N) is 1. The molecule has 0 aliphatic carbocycles. The van der Waals surface area contributed by atoms with Crippen LogP contribution < -0.4 is 5.73 Å². The number of hydrogen-bond acceptors (Lipinski definition) is 2. The number of hydrogen-bond donors (Lipinski definition) is 1. The van der Waals surface area contributed by atoms with Crippen LogP contribution in [0, 0.1) is 0 Å². The van der Waals surface area contributed by atoms with Crippen LogP contribution in [0.1, 0.15) is 0 Å². The van der Waals surface area contributed by atoms with Gasteiger partial charge in [0.1, 0.15) is 0 Å². The molecule has 0 bridgehead atoms. The molecular weight excluding hydrogens is 152 g/mol. The molecule has 0 aliphatic heterocycles. The molecule has 0 saturated carbocycles. The Hall–Kier alpha value is -0.540. The van der Waals surface area contributed by atoms with Crippen molar-refractivity contribution in [2.75, 3.05) is 20.1 Å². The maximum atomic E-state index is 10.7. The Kier molecular flexibility index (Phi) is 8.00. The van der Waals surface area contributed by atoms with Gasteiger partial charge in [0.05, 0.1) is 0 Å². The number of carbonyl (C=O) groups is 1. The van der Waals surface area contributed by atoms with E-state index in [9.17, 15) is 4.79 Å². The first kappa shape index (κ1) is 12.2. The minimum absolute atomic E-state index is 0. The van der Waals surface area contributed by atoms with Crippen molar-refractivity contribution in [3.8, 4) is 0 Å². The highest BCUT2D eigenvalue weighted by Crippen LogP contribution is 1.81. The van der Waals surface area contributed by atoms with Crippen molar-refractivity contribution in [2.45, 2.75) is 0 Å². The number of rotatable bonds is 3. The van der Waals surface area contributed by atoms with Gasteiger partial charge in [0.25, 0.3) is 0 Å². The zero-order valence-electron chi connectivity index (χ0n) is 6.04. The fourth-order valence-corrected chi connectivity index (χ4v) is 0.460. The van der Waals surface area contributed by atoms with Crippen LogP contribution in [0.15, 0.2) is 12.7 Å². The lowest BCUT2D eigenvalue weighted by Gasteiger charge is -2.12. The van der Waals surface area contributed by atoms with E-state index in [1.807, 2.05) is 0 Å². The van der Waals surface area contributed by atoms with E-state index < -0.39 is 0 Å². The molecule has 2 N–H and O–H groups in total. The van der Waals surface area contributed by atoms with Gasteiger partial charge in [0.2, 0.25) is 5.91 Å². The van der Waals surface area contributed by atoms with Gasteiger partial charge in [0.15, 0.2) is 0 Å². The molecule has 4 heteroatoms. The first-order valence-electron chi connectivity index (χ1n) is 2.80. The summed E-state index contributed by atoms with van der Waals surface area (Å²) in [6, 6.07) is 0. The van der Waals surface area contributed by atoms with E-state index >= 15 is 0 Å². The Bertz CT molecular complexity index is 116. The number of carbonyl (C=O) groups excluding carboxylic acids is 1. The molecule has 0 aromatic rings. The Morgan fingerprint density at radius 2 is 2.30 bits per heavy atom. The lowest BCUT2D eigenvalue weighted by molar-refractivity contribution is -0.124. The highest BCUT2D eigenvalue weighted by molar-refractivity contribution is 5.86. The summed E-state index contributed by atoms with van der Waals surface area (Å²) in [6.07, 6.45) is 1.27. The van der Waals surface area contributed by atoms with Gasteiger partial charge >= 0.3 is 0 Å². The molecule has 0 spiro atoms. The largest absolute Gasteiger partial charge is 0.341 e. The molecule has 60 valence electrons. The second kappa shape index (κ2) is 6.58. The van der Waals surface area contributed by atoms with Crippen LogP contribution in [-0.2, 0) is 4.79 Å². The number of likely N-dealkylation sites (N-methyl/N-ethyl adjacent to an activating group) is 1. The molecular formula is C6H13ClN2O. The fraction of sp³-hybridized carbons (Fsp3) is 0.500. The van der Waals surface area contributed by atoms with Crippen LogP contribution in [0.3, 0.4) is 0 Å². The Morgan fingerprint density at radius 3 is 2.60 bits per heavy atom. The third-order valence-corrected chi connectivity index (χ3v) is 1.02. The maximum Gasteiger partial charge on any atom is 0.245 e. The summed E-state index contributed by atoms with van der Waals surface area (Å²) in [6.45, 7) is 4.42. The number of nitrogens with zero attached hydrogens (tertiary/aromatic N) is 1. The van der Waals surface area contributed by atoms with Crippen molar-refractivity contribution in [1.82, 2.24) is 4.90 Å². The van der Waals surface area contributed by atoms with Crippen LogP contribution >= 0.6 is 12.4 Å². The van der Waals surface area contributed by atoms with Gasteiger partial charge in [-0.25, -0.2) is 0 Å². The Morgan fingerprint density at radius 1 is 1.80 bits per heavy atom. The summed E-state index contributed by atoms with van der Waals surface area (Å²) in [5.74, 6) is -0.0829. The molecule has 0 unspecified atom stereocenters. The van der Waals surface area contributed by atoms with Gasteiger partial charge in [-0.1, -0.05) is 6.58 Å². The highest BCUT2D eigenvalue weighted by Gasteiger charge is 1.99. The summed E-state index contributed by atoms with van der Waals surface area (Å²) in [5, 5.41) is 0. The summed E-state index contributed by atoms with van der Waals surface area (Å²) in [5.41, 5.74) is 5.19. The third kappa shape index (κ3) is 4.35. The SMILES string of the molecule is C=CC(=O)N(C)CCN.Cl. The van der Waals surface area contributed by atoms with E-state index in [1.165, 1.54) is 11.0 Å². The quantitative estimate of drug-likeness (QED) is 0.598.